The van der Waals surface area contributed by atoms with Crippen molar-refractivity contribution in [3.8, 4) is 11.5 Å². The van der Waals surface area contributed by atoms with E-state index < -0.39 is 0 Å². The molecule has 0 spiro atoms. The zero-order chi connectivity index (χ0) is 16.4. The number of aliphatic imine (C=N–C) groups is 1. The first-order valence-electron chi connectivity index (χ1n) is 7.54. The molecule has 0 bridgehead atoms. The van der Waals surface area contributed by atoms with Gasteiger partial charge in [0.05, 0.1) is 5.69 Å². The molecule has 0 radical (unpaired) electrons. The molecule has 0 saturated carbocycles. The highest BCUT2D eigenvalue weighted by Crippen LogP contribution is 2.27. The topological polar surface area (TPSA) is 38.4 Å². The summed E-state index contributed by atoms with van der Waals surface area (Å²) in [4.78, 5) is 9.02. The lowest BCUT2D eigenvalue weighted by Gasteiger charge is -1.99. The zero-order valence-corrected chi connectivity index (χ0v) is 13.4. The van der Waals surface area contributed by atoms with Crippen molar-refractivity contribution in [2.24, 2.45) is 4.99 Å². The predicted molar refractivity (Wildman–Crippen MR) is 98.2 cm³/mol. The number of hydrogen-bond acceptors (Lipinski definition) is 3. The lowest BCUT2D eigenvalue weighted by molar-refractivity contribution is 0.620. The van der Waals surface area contributed by atoms with Crippen LogP contribution < -0.4 is 0 Å². The third-order valence-electron chi connectivity index (χ3n) is 3.64. The Kier molecular flexibility index (Phi) is 3.85. The van der Waals surface area contributed by atoms with Crippen molar-refractivity contribution in [3.63, 3.8) is 0 Å². The molecule has 3 aromatic carbocycles. The number of nitrogens with zero attached hydrogens (tertiary/aromatic N) is 2. The van der Waals surface area contributed by atoms with Gasteiger partial charge in [-0.25, -0.2) is 4.98 Å². The maximum Gasteiger partial charge on any atom is 0.227 e. The van der Waals surface area contributed by atoms with Gasteiger partial charge < -0.3 is 4.42 Å². The van der Waals surface area contributed by atoms with E-state index in [-0.39, 0.29) is 0 Å². The fourth-order valence-corrected chi connectivity index (χ4v) is 2.62. The molecule has 1 aromatic heterocycles. The van der Waals surface area contributed by atoms with Gasteiger partial charge in [0.1, 0.15) is 5.52 Å². The molecule has 0 unspecified atom stereocenters. The first-order valence-corrected chi connectivity index (χ1v) is 7.92. The number of aromatic nitrogens is 1. The number of fused-ring (bicyclic) bond motifs is 1. The Balaban J connectivity index is 1.67. The van der Waals surface area contributed by atoms with Crippen molar-refractivity contribution < 1.29 is 4.42 Å². The minimum atomic E-state index is 0.589. The fourth-order valence-electron chi connectivity index (χ4n) is 2.44. The van der Waals surface area contributed by atoms with Crippen LogP contribution in [0, 0.1) is 0 Å². The maximum atomic E-state index is 6.15. The minimum absolute atomic E-state index is 0.589. The van der Waals surface area contributed by atoms with Crippen LogP contribution in [0.4, 0.5) is 5.69 Å². The molecule has 0 saturated heterocycles. The lowest BCUT2D eigenvalue weighted by Crippen LogP contribution is -1.82. The van der Waals surface area contributed by atoms with Gasteiger partial charge >= 0.3 is 0 Å². The molecule has 3 nitrogen and oxygen atoms in total. The molecule has 24 heavy (non-hydrogen) atoms. The number of halogens is 1. The fraction of sp³-hybridized carbons (Fsp3) is 0. The van der Waals surface area contributed by atoms with E-state index in [9.17, 15) is 0 Å². The van der Waals surface area contributed by atoms with Crippen LogP contribution in [-0.2, 0) is 0 Å². The first kappa shape index (κ1) is 14.7. The molecular formula is C20H13ClN2O. The second-order valence-corrected chi connectivity index (χ2v) is 5.72. The second kappa shape index (κ2) is 6.30. The van der Waals surface area contributed by atoms with Crippen molar-refractivity contribution in [2.45, 2.75) is 0 Å². The molecule has 0 aliphatic carbocycles. The Hall–Kier alpha value is -2.91. The summed E-state index contributed by atoms with van der Waals surface area (Å²) in [5, 5.41) is 0.677. The lowest BCUT2D eigenvalue weighted by atomic mass is 10.2. The molecule has 4 heteroatoms. The minimum Gasteiger partial charge on any atom is -0.436 e. The quantitative estimate of drug-likeness (QED) is 0.438. The summed E-state index contributed by atoms with van der Waals surface area (Å²) in [6, 6.07) is 23.1. The van der Waals surface area contributed by atoms with E-state index in [4.69, 9.17) is 16.0 Å². The van der Waals surface area contributed by atoms with Gasteiger partial charge in [-0.05, 0) is 36.4 Å². The van der Waals surface area contributed by atoms with E-state index in [0.29, 0.717) is 10.9 Å². The van der Waals surface area contributed by atoms with Crippen molar-refractivity contribution >= 4 is 34.6 Å². The smallest absolute Gasteiger partial charge is 0.227 e. The van der Waals surface area contributed by atoms with Crippen LogP contribution in [0.15, 0.2) is 82.2 Å². The number of oxazole rings is 1. The molecular weight excluding hydrogens is 320 g/mol. The number of hydrogen-bond donors (Lipinski definition) is 0. The molecule has 0 aliphatic heterocycles. The Morgan fingerprint density at radius 3 is 2.62 bits per heavy atom. The highest BCUT2D eigenvalue weighted by Gasteiger charge is 2.07. The second-order valence-electron chi connectivity index (χ2n) is 5.32. The summed E-state index contributed by atoms with van der Waals surface area (Å²) in [5.41, 5.74) is 4.20. The molecule has 0 fully saturated rings. The first-order chi connectivity index (χ1) is 11.8. The average Bonchev–Trinajstić information content (AvgIpc) is 3.06. The Morgan fingerprint density at radius 1 is 0.917 bits per heavy atom. The van der Waals surface area contributed by atoms with E-state index in [2.05, 4.69) is 9.98 Å². The molecule has 116 valence electrons. The molecule has 4 aromatic rings. The molecule has 0 aliphatic rings. The van der Waals surface area contributed by atoms with Gasteiger partial charge in [-0.1, -0.05) is 48.0 Å². The summed E-state index contributed by atoms with van der Waals surface area (Å²) in [5.74, 6) is 0.589. The van der Waals surface area contributed by atoms with Crippen molar-refractivity contribution in [1.82, 2.24) is 4.98 Å². The van der Waals surface area contributed by atoms with Crippen LogP contribution in [0.25, 0.3) is 22.6 Å². The molecule has 1 heterocycles. The highest BCUT2D eigenvalue weighted by molar-refractivity contribution is 6.33. The number of rotatable bonds is 3. The van der Waals surface area contributed by atoms with Crippen LogP contribution in [-0.4, -0.2) is 11.2 Å². The van der Waals surface area contributed by atoms with Gasteiger partial charge in [0, 0.05) is 22.4 Å². The molecule has 0 amide bonds. The molecule has 0 N–H and O–H groups in total. The number of para-hydroxylation sites is 2. The van der Waals surface area contributed by atoms with Gasteiger partial charge in [-0.3, -0.25) is 4.99 Å². The van der Waals surface area contributed by atoms with E-state index in [1.165, 1.54) is 0 Å². The van der Waals surface area contributed by atoms with Crippen LogP contribution >= 0.6 is 11.6 Å². The Bertz CT molecular complexity index is 1000. The molecule has 4 rings (SSSR count). The summed E-state index contributed by atoms with van der Waals surface area (Å²) in [6.07, 6.45) is 1.76. The van der Waals surface area contributed by atoms with Gasteiger partial charge in [0.15, 0.2) is 5.58 Å². The number of benzene rings is 3. The van der Waals surface area contributed by atoms with Crippen molar-refractivity contribution in [1.29, 1.82) is 0 Å². The summed E-state index contributed by atoms with van der Waals surface area (Å²) in [7, 11) is 0. The SMILES string of the molecule is Clc1ccccc1C=Nc1cccc(-c2nc3ccccc3o2)c1. The Labute approximate surface area is 144 Å². The van der Waals surface area contributed by atoms with Crippen molar-refractivity contribution in [2.75, 3.05) is 0 Å². The van der Waals surface area contributed by atoms with Crippen LogP contribution in [0.2, 0.25) is 5.02 Å². The largest absolute Gasteiger partial charge is 0.436 e. The summed E-state index contributed by atoms with van der Waals surface area (Å²) < 4.78 is 5.81. The van der Waals surface area contributed by atoms with E-state index in [1.54, 1.807) is 6.21 Å². The van der Waals surface area contributed by atoms with E-state index in [1.807, 2.05) is 72.8 Å². The summed E-state index contributed by atoms with van der Waals surface area (Å²) >= 11 is 6.15. The van der Waals surface area contributed by atoms with Crippen LogP contribution in [0.1, 0.15) is 5.56 Å². The van der Waals surface area contributed by atoms with Gasteiger partial charge in [-0.2, -0.15) is 0 Å². The zero-order valence-electron chi connectivity index (χ0n) is 12.7. The third-order valence-corrected chi connectivity index (χ3v) is 3.99. The normalized spacial score (nSPS) is 11.4. The van der Waals surface area contributed by atoms with E-state index >= 15 is 0 Å². The van der Waals surface area contributed by atoms with E-state index in [0.717, 1.165) is 27.9 Å². The monoisotopic (exact) mass is 332 g/mol. The maximum absolute atomic E-state index is 6.15. The predicted octanol–water partition coefficient (Wildman–Crippen LogP) is 5.90. The van der Waals surface area contributed by atoms with Gasteiger partial charge in [0.25, 0.3) is 0 Å². The molecule has 0 atom stereocenters. The highest BCUT2D eigenvalue weighted by atomic mass is 35.5. The van der Waals surface area contributed by atoms with Crippen LogP contribution in [0.5, 0.6) is 0 Å². The average molecular weight is 333 g/mol. The van der Waals surface area contributed by atoms with Crippen molar-refractivity contribution in [3.05, 3.63) is 83.4 Å². The Morgan fingerprint density at radius 2 is 1.75 bits per heavy atom. The third kappa shape index (κ3) is 2.94. The standard InChI is InChI=1S/C20H13ClN2O/c21-17-9-2-1-6-15(17)13-22-16-8-5-7-14(12-16)20-23-18-10-3-4-11-19(18)24-20/h1-13H. The van der Waals surface area contributed by atoms with Crippen LogP contribution in [0.3, 0.4) is 0 Å². The van der Waals surface area contributed by atoms with Gasteiger partial charge in [-0.15, -0.1) is 0 Å². The van der Waals surface area contributed by atoms with Gasteiger partial charge in [0.2, 0.25) is 5.89 Å². The summed E-state index contributed by atoms with van der Waals surface area (Å²) in [6.45, 7) is 0.